The fourth-order valence-corrected chi connectivity index (χ4v) is 2.80. The Morgan fingerprint density at radius 3 is 2.94 bits per heavy atom. The molecule has 1 aliphatic rings. The molecular weight excluding hydrogens is 246 g/mol. The number of nitrogens with zero attached hydrogens (tertiary/aromatic N) is 3. The third kappa shape index (κ3) is 3.23. The summed E-state index contributed by atoms with van der Waals surface area (Å²) in [5.74, 6) is 0.514. The molecule has 1 aromatic heterocycles. The van der Waals surface area contributed by atoms with Crippen LogP contribution in [0.3, 0.4) is 0 Å². The molecule has 4 nitrogen and oxygen atoms in total. The van der Waals surface area contributed by atoms with E-state index in [-0.39, 0.29) is 5.91 Å². The normalized spacial score (nSPS) is 15.2. The third-order valence-corrected chi connectivity index (χ3v) is 3.92. The van der Waals surface area contributed by atoms with Crippen LogP contribution < -0.4 is 0 Å². The lowest BCUT2D eigenvalue weighted by Crippen LogP contribution is -2.36. The molecule has 94 valence electrons. The van der Waals surface area contributed by atoms with Crippen molar-refractivity contribution in [2.24, 2.45) is 0 Å². The fourth-order valence-electron chi connectivity index (χ4n) is 1.96. The van der Waals surface area contributed by atoms with E-state index in [1.807, 2.05) is 4.90 Å². The van der Waals surface area contributed by atoms with Gasteiger partial charge in [0, 0.05) is 19.3 Å². The maximum Gasteiger partial charge on any atom is 0.232 e. The first kappa shape index (κ1) is 12.9. The number of likely N-dealkylation sites (tertiary alicyclic amines) is 1. The highest BCUT2D eigenvalue weighted by molar-refractivity contribution is 7.99. The Morgan fingerprint density at radius 1 is 1.44 bits per heavy atom. The minimum Gasteiger partial charge on any atom is -0.342 e. The maximum absolute atomic E-state index is 12.0. The van der Waals surface area contributed by atoms with Crippen LogP contribution in [0.25, 0.3) is 0 Å². The summed E-state index contributed by atoms with van der Waals surface area (Å²) in [6, 6.07) is 5.54. The molecule has 1 saturated heterocycles. The highest BCUT2D eigenvalue weighted by Crippen LogP contribution is 2.20. The number of rotatable bonds is 3. The van der Waals surface area contributed by atoms with Crippen molar-refractivity contribution in [1.82, 2.24) is 9.88 Å². The molecule has 1 aliphatic heterocycles. The van der Waals surface area contributed by atoms with Crippen LogP contribution in [0, 0.1) is 11.3 Å². The van der Waals surface area contributed by atoms with E-state index < -0.39 is 0 Å². The first-order valence-electron chi connectivity index (χ1n) is 6.07. The van der Waals surface area contributed by atoms with Gasteiger partial charge in [-0.2, -0.15) is 5.26 Å². The molecule has 5 heteroatoms. The number of carbonyl (C=O) groups excluding carboxylic acids is 1. The lowest BCUT2D eigenvalue weighted by Gasteiger charge is -2.26. The van der Waals surface area contributed by atoms with Gasteiger partial charge in [0.1, 0.15) is 11.1 Å². The molecule has 18 heavy (non-hydrogen) atoms. The molecule has 0 aliphatic carbocycles. The maximum atomic E-state index is 12.0. The molecule has 0 atom stereocenters. The van der Waals surface area contributed by atoms with Gasteiger partial charge >= 0.3 is 0 Å². The molecule has 1 aromatic rings. The van der Waals surface area contributed by atoms with Crippen molar-refractivity contribution in [3.63, 3.8) is 0 Å². The van der Waals surface area contributed by atoms with Crippen LogP contribution in [0.5, 0.6) is 0 Å². The zero-order valence-corrected chi connectivity index (χ0v) is 10.9. The predicted octanol–water partition coefficient (Wildman–Crippen LogP) is 2.06. The average molecular weight is 261 g/mol. The van der Waals surface area contributed by atoms with Crippen LogP contribution in [0.4, 0.5) is 0 Å². The quantitative estimate of drug-likeness (QED) is 0.781. The smallest absolute Gasteiger partial charge is 0.232 e. The third-order valence-electron chi connectivity index (χ3n) is 2.93. The zero-order valence-electron chi connectivity index (χ0n) is 10.1. The van der Waals surface area contributed by atoms with Gasteiger partial charge in [-0.1, -0.05) is 11.8 Å². The van der Waals surface area contributed by atoms with Crippen LogP contribution in [-0.4, -0.2) is 34.6 Å². The van der Waals surface area contributed by atoms with Gasteiger partial charge in [0.25, 0.3) is 0 Å². The predicted molar refractivity (Wildman–Crippen MR) is 70.1 cm³/mol. The summed E-state index contributed by atoms with van der Waals surface area (Å²) in [6.07, 6.45) is 5.07. The first-order chi connectivity index (χ1) is 8.81. The SMILES string of the molecule is N#Cc1cccnc1SCC(=O)N1CCCCC1. The Morgan fingerprint density at radius 2 is 2.22 bits per heavy atom. The molecule has 0 unspecified atom stereocenters. The Kier molecular flexibility index (Phi) is 4.59. The monoisotopic (exact) mass is 261 g/mol. The van der Waals surface area contributed by atoms with E-state index in [1.165, 1.54) is 18.2 Å². The summed E-state index contributed by atoms with van der Waals surface area (Å²) < 4.78 is 0. The second kappa shape index (κ2) is 6.41. The van der Waals surface area contributed by atoms with E-state index in [0.29, 0.717) is 16.3 Å². The van der Waals surface area contributed by atoms with Crippen molar-refractivity contribution in [3.05, 3.63) is 23.9 Å². The van der Waals surface area contributed by atoms with Crippen LogP contribution in [0.2, 0.25) is 0 Å². The number of carbonyl (C=O) groups is 1. The van der Waals surface area contributed by atoms with Gasteiger partial charge in [-0.05, 0) is 31.4 Å². The molecule has 0 saturated carbocycles. The molecule has 0 aromatic carbocycles. The highest BCUT2D eigenvalue weighted by atomic mass is 32.2. The summed E-state index contributed by atoms with van der Waals surface area (Å²) in [5.41, 5.74) is 0.536. The Balaban J connectivity index is 1.91. The van der Waals surface area contributed by atoms with E-state index >= 15 is 0 Å². The number of aromatic nitrogens is 1. The molecule has 0 radical (unpaired) electrons. The van der Waals surface area contributed by atoms with E-state index in [2.05, 4.69) is 11.1 Å². The number of amides is 1. The van der Waals surface area contributed by atoms with Gasteiger partial charge in [-0.15, -0.1) is 0 Å². The van der Waals surface area contributed by atoms with E-state index in [0.717, 1.165) is 25.9 Å². The van der Waals surface area contributed by atoms with Crippen molar-refractivity contribution >= 4 is 17.7 Å². The summed E-state index contributed by atoms with van der Waals surface area (Å²) >= 11 is 1.35. The lowest BCUT2D eigenvalue weighted by atomic mass is 10.1. The van der Waals surface area contributed by atoms with Crippen molar-refractivity contribution in [3.8, 4) is 6.07 Å². The summed E-state index contributed by atoms with van der Waals surface area (Å²) in [6.45, 7) is 1.74. The number of nitriles is 1. The van der Waals surface area contributed by atoms with Gasteiger partial charge in [0.05, 0.1) is 11.3 Å². The van der Waals surface area contributed by atoms with Gasteiger partial charge in [-0.25, -0.2) is 4.98 Å². The lowest BCUT2D eigenvalue weighted by molar-refractivity contribution is -0.129. The number of piperidine rings is 1. The average Bonchev–Trinajstić information content (AvgIpc) is 2.46. The van der Waals surface area contributed by atoms with Crippen molar-refractivity contribution in [1.29, 1.82) is 5.26 Å². The summed E-state index contributed by atoms with van der Waals surface area (Å²) in [5, 5.41) is 9.58. The molecule has 0 N–H and O–H groups in total. The van der Waals surface area contributed by atoms with Gasteiger partial charge in [0.15, 0.2) is 0 Å². The van der Waals surface area contributed by atoms with Crippen molar-refractivity contribution < 1.29 is 4.79 Å². The van der Waals surface area contributed by atoms with E-state index in [4.69, 9.17) is 5.26 Å². The zero-order chi connectivity index (χ0) is 12.8. The fraction of sp³-hybridized carbons (Fsp3) is 0.462. The van der Waals surface area contributed by atoms with E-state index in [9.17, 15) is 4.79 Å². The first-order valence-corrected chi connectivity index (χ1v) is 7.05. The highest BCUT2D eigenvalue weighted by Gasteiger charge is 2.17. The Labute approximate surface area is 111 Å². The van der Waals surface area contributed by atoms with Crippen molar-refractivity contribution in [2.45, 2.75) is 24.3 Å². The largest absolute Gasteiger partial charge is 0.342 e. The standard InChI is InChI=1S/C13H15N3OS/c14-9-11-5-4-6-15-13(11)18-10-12(17)16-7-2-1-3-8-16/h4-6H,1-3,7-8,10H2. The van der Waals surface area contributed by atoms with Crippen LogP contribution >= 0.6 is 11.8 Å². The molecule has 0 bridgehead atoms. The second-order valence-electron chi connectivity index (χ2n) is 4.20. The molecular formula is C13H15N3OS. The Bertz CT molecular complexity index is 464. The van der Waals surface area contributed by atoms with Gasteiger partial charge in [0.2, 0.25) is 5.91 Å². The number of hydrogen-bond donors (Lipinski definition) is 0. The molecule has 2 rings (SSSR count). The van der Waals surface area contributed by atoms with Crippen molar-refractivity contribution in [2.75, 3.05) is 18.8 Å². The minimum absolute atomic E-state index is 0.147. The molecule has 1 fully saturated rings. The second-order valence-corrected chi connectivity index (χ2v) is 5.16. The van der Waals surface area contributed by atoms with Crippen LogP contribution in [-0.2, 0) is 4.79 Å². The van der Waals surface area contributed by atoms with Gasteiger partial charge < -0.3 is 4.90 Å². The minimum atomic E-state index is 0.147. The number of hydrogen-bond acceptors (Lipinski definition) is 4. The molecule has 0 spiro atoms. The topological polar surface area (TPSA) is 57.0 Å². The van der Waals surface area contributed by atoms with Gasteiger partial charge in [-0.3, -0.25) is 4.79 Å². The Hall–Kier alpha value is -1.54. The molecule has 1 amide bonds. The summed E-state index contributed by atoms with van der Waals surface area (Å²) in [4.78, 5) is 18.0. The van der Waals surface area contributed by atoms with Crippen LogP contribution in [0.1, 0.15) is 24.8 Å². The summed E-state index contributed by atoms with van der Waals surface area (Å²) in [7, 11) is 0. The number of thioether (sulfide) groups is 1. The van der Waals surface area contributed by atoms with E-state index in [1.54, 1.807) is 18.3 Å². The molecule has 2 heterocycles. The van der Waals surface area contributed by atoms with Crippen LogP contribution in [0.15, 0.2) is 23.4 Å². The number of pyridine rings is 1.